The van der Waals surface area contributed by atoms with E-state index in [0.29, 0.717) is 29.4 Å². The Morgan fingerprint density at radius 2 is 1.81 bits per heavy atom. The number of anilines is 1. The Hall–Kier alpha value is -3.62. The summed E-state index contributed by atoms with van der Waals surface area (Å²) in [6.45, 7) is 2.05. The summed E-state index contributed by atoms with van der Waals surface area (Å²) in [5.74, 6) is 0.696. The molecule has 2 aliphatic rings. The number of rotatable bonds is 5. The van der Waals surface area contributed by atoms with Gasteiger partial charge in [0.1, 0.15) is 17.5 Å². The fourth-order valence-electron chi connectivity index (χ4n) is 5.74. The van der Waals surface area contributed by atoms with Gasteiger partial charge in [0.2, 0.25) is 0 Å². The van der Waals surface area contributed by atoms with Gasteiger partial charge in [-0.15, -0.1) is 0 Å². The molecule has 0 saturated carbocycles. The molecule has 2 aromatic carbocycles. The number of halogens is 1. The zero-order chi connectivity index (χ0) is 26.0. The first kappa shape index (κ1) is 25.0. The number of piperidine rings is 1. The fraction of sp³-hybridized carbons (Fsp3) is 0.321. The summed E-state index contributed by atoms with van der Waals surface area (Å²) in [5, 5.41) is 9.45. The van der Waals surface area contributed by atoms with Crippen molar-refractivity contribution in [3.05, 3.63) is 83.1 Å². The van der Waals surface area contributed by atoms with E-state index in [0.717, 1.165) is 37.2 Å². The Balaban J connectivity index is 1.52. The number of carbonyl (C=O) groups is 2. The summed E-state index contributed by atoms with van der Waals surface area (Å²) < 4.78 is 10.9. The van der Waals surface area contributed by atoms with Crippen LogP contribution in [0.4, 0.5) is 10.5 Å². The number of benzene rings is 2. The molecule has 5 rings (SSSR count). The standard InChI is InChI=1S/C28H28ClN3O5/c1-32(27(33)22-4-2-3-5-24(22)29,20-10-15-31(16-11-20)19-8-13-30-14-9-19)25-12-17-36-26-18-21(37-28(34)35)6-7-23(25)26/h2-9,13-14,18,20,25H,10-12,15-17H2,1H3/p+1/t25-,32?/m1/s1. The van der Waals surface area contributed by atoms with Crippen molar-refractivity contribution in [1.29, 1.82) is 0 Å². The number of quaternary nitrogens is 1. The minimum absolute atomic E-state index is 0.0309. The molecule has 192 valence electrons. The highest BCUT2D eigenvalue weighted by molar-refractivity contribution is 6.33. The van der Waals surface area contributed by atoms with Gasteiger partial charge in [0.05, 0.1) is 35.8 Å². The van der Waals surface area contributed by atoms with E-state index < -0.39 is 6.16 Å². The van der Waals surface area contributed by atoms with Crippen LogP contribution in [-0.4, -0.2) is 59.4 Å². The van der Waals surface area contributed by atoms with Gasteiger partial charge < -0.3 is 19.5 Å². The number of pyridine rings is 1. The van der Waals surface area contributed by atoms with Crippen LogP contribution in [0, 0.1) is 0 Å². The molecule has 1 fully saturated rings. The first-order valence-electron chi connectivity index (χ1n) is 12.4. The summed E-state index contributed by atoms with van der Waals surface area (Å²) in [6, 6.07) is 16.1. The second-order valence-electron chi connectivity index (χ2n) is 9.58. The third kappa shape index (κ3) is 4.86. The van der Waals surface area contributed by atoms with Crippen LogP contribution in [-0.2, 0) is 0 Å². The summed E-state index contributed by atoms with van der Waals surface area (Å²) in [5.41, 5.74) is 2.49. The lowest BCUT2D eigenvalue weighted by molar-refractivity contribution is -0.888. The van der Waals surface area contributed by atoms with Crippen molar-refractivity contribution < 1.29 is 28.7 Å². The quantitative estimate of drug-likeness (QED) is 0.266. The molecule has 2 atom stereocenters. The first-order valence-corrected chi connectivity index (χ1v) is 12.7. The van der Waals surface area contributed by atoms with E-state index in [4.69, 9.17) is 26.2 Å². The minimum atomic E-state index is -1.39. The van der Waals surface area contributed by atoms with Gasteiger partial charge in [-0.2, -0.15) is 0 Å². The number of aromatic nitrogens is 1. The summed E-state index contributed by atoms with van der Waals surface area (Å²) in [4.78, 5) is 31.9. The number of hydrogen-bond acceptors (Lipinski definition) is 6. The molecule has 1 saturated heterocycles. The van der Waals surface area contributed by atoms with E-state index >= 15 is 0 Å². The van der Waals surface area contributed by atoms with E-state index in [-0.39, 0.29) is 28.2 Å². The van der Waals surface area contributed by atoms with Gasteiger partial charge in [-0.3, -0.25) is 4.98 Å². The number of fused-ring (bicyclic) bond motifs is 1. The molecule has 8 nitrogen and oxygen atoms in total. The van der Waals surface area contributed by atoms with Gasteiger partial charge in [0.25, 0.3) is 0 Å². The largest absolute Gasteiger partial charge is 0.511 e. The topological polar surface area (TPSA) is 89.0 Å². The van der Waals surface area contributed by atoms with Crippen LogP contribution in [0.25, 0.3) is 0 Å². The molecule has 37 heavy (non-hydrogen) atoms. The van der Waals surface area contributed by atoms with Crippen molar-refractivity contribution in [1.82, 2.24) is 4.98 Å². The van der Waals surface area contributed by atoms with Gasteiger partial charge in [0.15, 0.2) is 0 Å². The van der Waals surface area contributed by atoms with E-state index in [1.165, 1.54) is 0 Å². The third-order valence-corrected chi connectivity index (χ3v) is 7.97. The highest BCUT2D eigenvalue weighted by Gasteiger charge is 2.50. The van der Waals surface area contributed by atoms with Crippen LogP contribution >= 0.6 is 11.6 Å². The normalized spacial score (nSPS) is 19.3. The van der Waals surface area contributed by atoms with Gasteiger partial charge in [-0.1, -0.05) is 23.7 Å². The summed E-state index contributed by atoms with van der Waals surface area (Å²) in [6.07, 6.45) is 4.49. The lowest BCUT2D eigenvalue weighted by Crippen LogP contribution is -2.61. The zero-order valence-electron chi connectivity index (χ0n) is 20.5. The van der Waals surface area contributed by atoms with Crippen LogP contribution in [0.1, 0.15) is 41.2 Å². The Labute approximate surface area is 220 Å². The Morgan fingerprint density at radius 1 is 1.08 bits per heavy atom. The minimum Gasteiger partial charge on any atom is -0.493 e. The van der Waals surface area contributed by atoms with Crippen LogP contribution < -0.4 is 14.4 Å². The molecule has 1 unspecified atom stereocenters. The molecule has 9 heteroatoms. The molecular formula is C28H29ClN3O5+. The second kappa shape index (κ2) is 10.4. The molecular weight excluding hydrogens is 494 g/mol. The van der Waals surface area contributed by atoms with E-state index in [9.17, 15) is 9.59 Å². The Morgan fingerprint density at radius 3 is 2.51 bits per heavy atom. The zero-order valence-corrected chi connectivity index (χ0v) is 21.3. The molecule has 1 aromatic heterocycles. The van der Waals surface area contributed by atoms with Crippen LogP contribution in [0.2, 0.25) is 5.02 Å². The number of ether oxygens (including phenoxy) is 2. The third-order valence-electron chi connectivity index (χ3n) is 7.64. The van der Waals surface area contributed by atoms with Crippen molar-refractivity contribution in [3.63, 3.8) is 0 Å². The molecule has 3 heterocycles. The van der Waals surface area contributed by atoms with Crippen molar-refractivity contribution in [2.24, 2.45) is 0 Å². The van der Waals surface area contributed by atoms with Gasteiger partial charge in [0, 0.05) is 56.5 Å². The SMILES string of the molecule is C[N+](C(=O)c1ccccc1Cl)(C1CCN(c2ccncc2)CC1)[C@@H]1CCOc2cc(OC(=O)O)ccc21. The molecule has 1 N–H and O–H groups in total. The van der Waals surface area contributed by atoms with Crippen molar-refractivity contribution in [2.45, 2.75) is 31.3 Å². The van der Waals surface area contributed by atoms with Gasteiger partial charge in [-0.25, -0.2) is 14.1 Å². The Bertz CT molecular complexity index is 1300. The van der Waals surface area contributed by atoms with Crippen molar-refractivity contribution >= 4 is 29.4 Å². The van der Waals surface area contributed by atoms with Crippen LogP contribution in [0.3, 0.4) is 0 Å². The van der Waals surface area contributed by atoms with E-state index in [2.05, 4.69) is 9.88 Å². The number of nitrogens with zero attached hydrogens (tertiary/aromatic N) is 3. The maximum Gasteiger partial charge on any atom is 0.511 e. The number of amides is 1. The molecule has 0 radical (unpaired) electrons. The molecule has 3 aromatic rings. The van der Waals surface area contributed by atoms with Crippen molar-refractivity contribution in [3.8, 4) is 11.5 Å². The highest BCUT2D eigenvalue weighted by atomic mass is 35.5. The van der Waals surface area contributed by atoms with Crippen LogP contribution in [0.5, 0.6) is 11.5 Å². The monoisotopic (exact) mass is 522 g/mol. The van der Waals surface area contributed by atoms with Gasteiger partial charge in [-0.05, 0) is 36.4 Å². The van der Waals surface area contributed by atoms with Crippen molar-refractivity contribution in [2.75, 3.05) is 31.6 Å². The predicted octanol–water partition coefficient (Wildman–Crippen LogP) is 5.57. The lowest BCUT2D eigenvalue weighted by Gasteiger charge is -2.49. The lowest BCUT2D eigenvalue weighted by atomic mass is 9.89. The van der Waals surface area contributed by atoms with E-state index in [1.807, 2.05) is 37.4 Å². The highest BCUT2D eigenvalue weighted by Crippen LogP contribution is 2.45. The maximum atomic E-state index is 14.4. The summed E-state index contributed by atoms with van der Waals surface area (Å²) >= 11 is 6.53. The molecule has 0 bridgehead atoms. The molecule has 2 aliphatic heterocycles. The molecule has 0 spiro atoms. The average molecular weight is 523 g/mol. The smallest absolute Gasteiger partial charge is 0.493 e. The number of hydrogen-bond donors (Lipinski definition) is 1. The predicted molar refractivity (Wildman–Crippen MR) is 139 cm³/mol. The molecule has 1 amide bonds. The second-order valence-corrected chi connectivity index (χ2v) is 9.98. The Kier molecular flexibility index (Phi) is 7.04. The number of carbonyl (C=O) groups excluding carboxylic acids is 1. The maximum absolute atomic E-state index is 14.4. The molecule has 0 aliphatic carbocycles. The van der Waals surface area contributed by atoms with Crippen LogP contribution in [0.15, 0.2) is 67.0 Å². The fourth-order valence-corrected chi connectivity index (χ4v) is 5.96. The first-order chi connectivity index (χ1) is 17.9. The van der Waals surface area contributed by atoms with Gasteiger partial charge >= 0.3 is 12.1 Å². The summed E-state index contributed by atoms with van der Waals surface area (Å²) in [7, 11) is 2.01. The number of carboxylic acid groups (broad SMARTS) is 1. The van der Waals surface area contributed by atoms with E-state index in [1.54, 1.807) is 36.7 Å². The average Bonchev–Trinajstić information content (AvgIpc) is 2.92.